The Balaban J connectivity index is 1.81. The molecule has 0 saturated heterocycles. The van der Waals surface area contributed by atoms with Gasteiger partial charge >= 0.3 is 0 Å². The summed E-state index contributed by atoms with van der Waals surface area (Å²) in [6.07, 6.45) is 1.55. The summed E-state index contributed by atoms with van der Waals surface area (Å²) in [5.74, 6) is 0.263. The van der Waals surface area contributed by atoms with Crippen molar-refractivity contribution >= 4 is 23.2 Å². The Morgan fingerprint density at radius 1 is 1.11 bits per heavy atom. The zero-order valence-electron chi connectivity index (χ0n) is 16.1. The smallest absolute Gasteiger partial charge is 0.255 e. The second kappa shape index (κ2) is 8.87. The standard InChI is InChI=1S/C22H22ClN3O2/c1-26(2)14-15-4-6-16(7-5-15)19-12-17(8-10-20(19)23)22(27)25-18-9-11-21(28-3)24-13-18/h4-13H,14H2,1-3H3,(H,25,27). The molecule has 0 aliphatic carbocycles. The number of carbonyl (C=O) groups is 1. The van der Waals surface area contributed by atoms with Gasteiger partial charge in [0.15, 0.2) is 0 Å². The number of anilines is 1. The summed E-state index contributed by atoms with van der Waals surface area (Å²) in [6, 6.07) is 16.9. The fraction of sp³-hybridized carbons (Fsp3) is 0.182. The van der Waals surface area contributed by atoms with Gasteiger partial charge in [-0.1, -0.05) is 35.9 Å². The average molecular weight is 396 g/mol. The first-order chi connectivity index (χ1) is 13.5. The number of pyridine rings is 1. The number of carbonyl (C=O) groups excluding carboxylic acids is 1. The Bertz CT molecular complexity index is 955. The van der Waals surface area contributed by atoms with Gasteiger partial charge in [-0.3, -0.25) is 4.79 Å². The molecule has 0 spiro atoms. The minimum Gasteiger partial charge on any atom is -0.481 e. The Labute approximate surface area is 169 Å². The monoisotopic (exact) mass is 395 g/mol. The van der Waals surface area contributed by atoms with Crippen molar-refractivity contribution in [3.05, 3.63) is 76.9 Å². The maximum absolute atomic E-state index is 12.6. The summed E-state index contributed by atoms with van der Waals surface area (Å²) in [7, 11) is 5.61. The van der Waals surface area contributed by atoms with E-state index in [1.54, 1.807) is 43.6 Å². The number of methoxy groups -OCH3 is 1. The number of rotatable bonds is 6. The number of halogens is 1. The van der Waals surface area contributed by atoms with E-state index in [-0.39, 0.29) is 5.91 Å². The van der Waals surface area contributed by atoms with Gasteiger partial charge < -0.3 is 15.0 Å². The summed E-state index contributed by atoms with van der Waals surface area (Å²) < 4.78 is 5.03. The average Bonchev–Trinajstić information content (AvgIpc) is 2.69. The number of aromatic nitrogens is 1. The van der Waals surface area contributed by atoms with E-state index in [0.717, 1.165) is 17.7 Å². The molecule has 1 N–H and O–H groups in total. The Hall–Kier alpha value is -2.89. The van der Waals surface area contributed by atoms with Crippen LogP contribution in [0.15, 0.2) is 60.8 Å². The van der Waals surface area contributed by atoms with Crippen molar-refractivity contribution in [3.63, 3.8) is 0 Å². The van der Waals surface area contributed by atoms with E-state index < -0.39 is 0 Å². The zero-order chi connectivity index (χ0) is 20.1. The highest BCUT2D eigenvalue weighted by atomic mass is 35.5. The Morgan fingerprint density at radius 2 is 1.86 bits per heavy atom. The van der Waals surface area contributed by atoms with Crippen molar-refractivity contribution in [2.75, 3.05) is 26.5 Å². The molecule has 144 valence electrons. The third-order valence-electron chi connectivity index (χ3n) is 4.20. The van der Waals surface area contributed by atoms with Gasteiger partial charge in [0.1, 0.15) is 0 Å². The molecule has 0 aliphatic rings. The fourth-order valence-corrected chi connectivity index (χ4v) is 3.05. The minimum atomic E-state index is -0.228. The molecule has 3 rings (SSSR count). The van der Waals surface area contributed by atoms with Crippen molar-refractivity contribution in [3.8, 4) is 17.0 Å². The van der Waals surface area contributed by atoms with Crippen LogP contribution < -0.4 is 10.1 Å². The van der Waals surface area contributed by atoms with Crippen LogP contribution in [0.5, 0.6) is 5.88 Å². The Kier molecular flexibility index (Phi) is 6.29. The fourth-order valence-electron chi connectivity index (χ4n) is 2.82. The molecule has 1 heterocycles. The van der Waals surface area contributed by atoms with Crippen LogP contribution >= 0.6 is 11.6 Å². The van der Waals surface area contributed by atoms with Crippen LogP contribution in [0.1, 0.15) is 15.9 Å². The summed E-state index contributed by atoms with van der Waals surface area (Å²) in [4.78, 5) is 18.8. The first-order valence-electron chi connectivity index (χ1n) is 8.81. The first-order valence-corrected chi connectivity index (χ1v) is 9.19. The molecule has 0 saturated carbocycles. The van der Waals surface area contributed by atoms with Gasteiger partial charge in [-0.25, -0.2) is 4.98 Å². The molecule has 0 atom stereocenters. The molecule has 0 fully saturated rings. The van der Waals surface area contributed by atoms with Crippen molar-refractivity contribution in [1.29, 1.82) is 0 Å². The number of nitrogens with zero attached hydrogens (tertiary/aromatic N) is 2. The maximum atomic E-state index is 12.6. The molecule has 3 aromatic rings. The van der Waals surface area contributed by atoms with Gasteiger partial charge in [-0.15, -0.1) is 0 Å². The molecule has 28 heavy (non-hydrogen) atoms. The number of hydrogen-bond donors (Lipinski definition) is 1. The van der Waals surface area contributed by atoms with E-state index in [9.17, 15) is 4.79 Å². The van der Waals surface area contributed by atoms with E-state index in [2.05, 4.69) is 27.3 Å². The topological polar surface area (TPSA) is 54.5 Å². The van der Waals surface area contributed by atoms with Crippen LogP contribution in [0.25, 0.3) is 11.1 Å². The summed E-state index contributed by atoms with van der Waals surface area (Å²) >= 11 is 6.39. The first kappa shape index (κ1) is 19.9. The highest BCUT2D eigenvalue weighted by molar-refractivity contribution is 6.33. The largest absolute Gasteiger partial charge is 0.481 e. The zero-order valence-corrected chi connectivity index (χ0v) is 16.8. The van der Waals surface area contributed by atoms with E-state index in [0.29, 0.717) is 22.2 Å². The molecule has 0 bridgehead atoms. The molecule has 5 nitrogen and oxygen atoms in total. The van der Waals surface area contributed by atoms with Gasteiger partial charge in [0.05, 0.1) is 19.0 Å². The highest BCUT2D eigenvalue weighted by Gasteiger charge is 2.11. The Morgan fingerprint density at radius 3 is 2.46 bits per heavy atom. The van der Waals surface area contributed by atoms with Crippen LogP contribution in [-0.2, 0) is 6.54 Å². The van der Waals surface area contributed by atoms with Gasteiger partial charge in [0.25, 0.3) is 5.91 Å². The van der Waals surface area contributed by atoms with E-state index >= 15 is 0 Å². The lowest BCUT2D eigenvalue weighted by Gasteiger charge is -2.12. The number of benzene rings is 2. The van der Waals surface area contributed by atoms with Gasteiger partial charge in [-0.05, 0) is 49.5 Å². The maximum Gasteiger partial charge on any atom is 0.255 e. The predicted molar refractivity (Wildman–Crippen MR) is 113 cm³/mol. The van der Waals surface area contributed by atoms with Gasteiger partial charge in [-0.2, -0.15) is 0 Å². The second-order valence-corrected chi connectivity index (χ2v) is 7.08. The lowest BCUT2D eigenvalue weighted by atomic mass is 10.0. The molecular formula is C22H22ClN3O2. The normalized spacial score (nSPS) is 10.8. The number of hydrogen-bond acceptors (Lipinski definition) is 4. The molecular weight excluding hydrogens is 374 g/mol. The third-order valence-corrected chi connectivity index (χ3v) is 4.53. The van der Waals surface area contributed by atoms with Crippen LogP contribution in [0.4, 0.5) is 5.69 Å². The second-order valence-electron chi connectivity index (χ2n) is 6.67. The van der Waals surface area contributed by atoms with Gasteiger partial charge in [0, 0.05) is 28.8 Å². The number of amides is 1. The third kappa shape index (κ3) is 4.88. The molecule has 1 amide bonds. The lowest BCUT2D eigenvalue weighted by Crippen LogP contribution is -2.12. The molecule has 1 aromatic heterocycles. The predicted octanol–water partition coefficient (Wildman–Crippen LogP) is 4.72. The van der Waals surface area contributed by atoms with E-state index in [1.165, 1.54) is 5.56 Å². The minimum absolute atomic E-state index is 0.228. The van der Waals surface area contributed by atoms with Gasteiger partial charge in [0.2, 0.25) is 5.88 Å². The van der Waals surface area contributed by atoms with Crippen LogP contribution in [-0.4, -0.2) is 37.0 Å². The SMILES string of the molecule is COc1ccc(NC(=O)c2ccc(Cl)c(-c3ccc(CN(C)C)cc3)c2)cn1. The number of nitrogens with one attached hydrogen (secondary N) is 1. The molecule has 0 unspecified atom stereocenters. The van der Waals surface area contributed by atoms with Crippen molar-refractivity contribution < 1.29 is 9.53 Å². The molecule has 0 radical (unpaired) electrons. The van der Waals surface area contributed by atoms with Crippen LogP contribution in [0, 0.1) is 0 Å². The molecule has 2 aromatic carbocycles. The van der Waals surface area contributed by atoms with E-state index in [4.69, 9.17) is 16.3 Å². The van der Waals surface area contributed by atoms with Crippen LogP contribution in [0.3, 0.4) is 0 Å². The van der Waals surface area contributed by atoms with Crippen molar-refractivity contribution in [1.82, 2.24) is 9.88 Å². The number of ether oxygens (including phenoxy) is 1. The van der Waals surface area contributed by atoms with Crippen LogP contribution in [0.2, 0.25) is 5.02 Å². The van der Waals surface area contributed by atoms with Crippen molar-refractivity contribution in [2.45, 2.75) is 6.54 Å². The molecule has 0 aliphatic heterocycles. The summed E-state index contributed by atoms with van der Waals surface area (Å²) in [5, 5.41) is 3.43. The summed E-state index contributed by atoms with van der Waals surface area (Å²) in [6.45, 7) is 0.867. The van der Waals surface area contributed by atoms with E-state index in [1.807, 2.05) is 26.2 Å². The molecule has 6 heteroatoms. The quantitative estimate of drug-likeness (QED) is 0.655. The summed E-state index contributed by atoms with van der Waals surface area (Å²) in [5.41, 5.74) is 4.11. The highest BCUT2D eigenvalue weighted by Crippen LogP contribution is 2.29. The lowest BCUT2D eigenvalue weighted by molar-refractivity contribution is 0.102. The van der Waals surface area contributed by atoms with Crippen molar-refractivity contribution in [2.24, 2.45) is 0 Å².